The molecule has 3 nitrogen and oxygen atoms in total. The molecule has 1 saturated heterocycles. The molecule has 1 heterocycles. The van der Waals surface area contributed by atoms with Crippen LogP contribution in [0.5, 0.6) is 0 Å². The molecule has 4 atom stereocenters. The van der Waals surface area contributed by atoms with Crippen molar-refractivity contribution in [1.82, 2.24) is 10.2 Å². The quantitative estimate of drug-likeness (QED) is 0.852. The lowest BCUT2D eigenvalue weighted by molar-refractivity contribution is -0.132. The van der Waals surface area contributed by atoms with E-state index in [0.29, 0.717) is 23.1 Å². The predicted molar refractivity (Wildman–Crippen MR) is 77.6 cm³/mol. The molecule has 1 saturated carbocycles. The van der Waals surface area contributed by atoms with Crippen molar-refractivity contribution in [2.75, 3.05) is 6.26 Å². The molecular formula is C14H26N2OS. The Morgan fingerprint density at radius 1 is 1.44 bits per heavy atom. The topological polar surface area (TPSA) is 32.3 Å². The predicted octanol–water partition coefficient (Wildman–Crippen LogP) is 2.46. The SMILES string of the molecule is CSC1CCCC1N1C(=O)C(C)NC1CC(C)C. The minimum Gasteiger partial charge on any atom is -0.322 e. The van der Waals surface area contributed by atoms with Gasteiger partial charge < -0.3 is 4.90 Å². The van der Waals surface area contributed by atoms with Crippen LogP contribution in [-0.4, -0.2) is 40.6 Å². The molecule has 2 rings (SSSR count). The van der Waals surface area contributed by atoms with Crippen molar-refractivity contribution in [2.24, 2.45) is 5.92 Å². The number of hydrogen-bond acceptors (Lipinski definition) is 3. The molecule has 104 valence electrons. The van der Waals surface area contributed by atoms with Gasteiger partial charge in [-0.05, 0) is 38.4 Å². The minimum absolute atomic E-state index is 0.00291. The Hall–Kier alpha value is -0.220. The molecule has 0 aromatic carbocycles. The number of thioether (sulfide) groups is 1. The maximum Gasteiger partial charge on any atom is 0.241 e. The van der Waals surface area contributed by atoms with Crippen LogP contribution in [0, 0.1) is 5.92 Å². The smallest absolute Gasteiger partial charge is 0.241 e. The normalized spacial score (nSPS) is 36.9. The van der Waals surface area contributed by atoms with Crippen molar-refractivity contribution in [3.63, 3.8) is 0 Å². The first-order valence-electron chi connectivity index (χ1n) is 7.15. The summed E-state index contributed by atoms with van der Waals surface area (Å²) in [5.41, 5.74) is 0. The van der Waals surface area contributed by atoms with E-state index in [4.69, 9.17) is 0 Å². The number of nitrogens with one attached hydrogen (secondary N) is 1. The highest BCUT2D eigenvalue weighted by molar-refractivity contribution is 7.99. The van der Waals surface area contributed by atoms with Crippen molar-refractivity contribution < 1.29 is 4.79 Å². The fourth-order valence-electron chi connectivity index (χ4n) is 3.34. The average molecular weight is 270 g/mol. The molecule has 0 spiro atoms. The van der Waals surface area contributed by atoms with E-state index in [9.17, 15) is 4.79 Å². The molecule has 0 aromatic rings. The molecule has 0 radical (unpaired) electrons. The highest BCUT2D eigenvalue weighted by Gasteiger charge is 2.44. The Kier molecular flexibility index (Phi) is 4.59. The highest BCUT2D eigenvalue weighted by atomic mass is 32.2. The summed E-state index contributed by atoms with van der Waals surface area (Å²) in [4.78, 5) is 14.6. The lowest BCUT2D eigenvalue weighted by atomic mass is 10.1. The van der Waals surface area contributed by atoms with E-state index in [2.05, 4.69) is 30.3 Å². The van der Waals surface area contributed by atoms with Gasteiger partial charge in [0, 0.05) is 11.3 Å². The summed E-state index contributed by atoms with van der Waals surface area (Å²) in [6.07, 6.45) is 7.21. The second kappa shape index (κ2) is 5.83. The van der Waals surface area contributed by atoms with Gasteiger partial charge in [-0.1, -0.05) is 20.3 Å². The summed E-state index contributed by atoms with van der Waals surface area (Å²) < 4.78 is 0. The molecule has 1 aliphatic heterocycles. The van der Waals surface area contributed by atoms with Gasteiger partial charge in [-0.3, -0.25) is 10.1 Å². The third kappa shape index (κ3) is 2.69. The van der Waals surface area contributed by atoms with E-state index >= 15 is 0 Å². The van der Waals surface area contributed by atoms with Crippen LogP contribution in [0.25, 0.3) is 0 Å². The summed E-state index contributed by atoms with van der Waals surface area (Å²) in [6, 6.07) is 0.450. The first-order valence-corrected chi connectivity index (χ1v) is 8.44. The van der Waals surface area contributed by atoms with E-state index in [0.717, 1.165) is 6.42 Å². The van der Waals surface area contributed by atoms with Gasteiger partial charge >= 0.3 is 0 Å². The maximum absolute atomic E-state index is 12.4. The largest absolute Gasteiger partial charge is 0.322 e. The van der Waals surface area contributed by atoms with Crippen molar-refractivity contribution in [2.45, 2.75) is 70.0 Å². The summed E-state index contributed by atoms with van der Waals surface area (Å²) in [7, 11) is 0. The van der Waals surface area contributed by atoms with Gasteiger partial charge in [0.15, 0.2) is 0 Å². The summed E-state index contributed by atoms with van der Waals surface area (Å²) in [5.74, 6) is 0.934. The molecule has 2 aliphatic rings. The van der Waals surface area contributed by atoms with E-state index in [1.807, 2.05) is 18.7 Å². The molecule has 1 aliphatic carbocycles. The van der Waals surface area contributed by atoms with Gasteiger partial charge in [0.2, 0.25) is 5.91 Å². The van der Waals surface area contributed by atoms with Gasteiger partial charge in [-0.2, -0.15) is 11.8 Å². The first kappa shape index (κ1) is 14.2. The van der Waals surface area contributed by atoms with E-state index in [1.54, 1.807) is 0 Å². The highest BCUT2D eigenvalue weighted by Crippen LogP contribution is 2.35. The Balaban J connectivity index is 2.13. The zero-order chi connectivity index (χ0) is 13.3. The van der Waals surface area contributed by atoms with Crippen LogP contribution >= 0.6 is 11.8 Å². The Labute approximate surface area is 115 Å². The van der Waals surface area contributed by atoms with Crippen molar-refractivity contribution in [3.8, 4) is 0 Å². The molecule has 1 amide bonds. The van der Waals surface area contributed by atoms with E-state index < -0.39 is 0 Å². The maximum atomic E-state index is 12.4. The van der Waals surface area contributed by atoms with Crippen LogP contribution in [-0.2, 0) is 4.79 Å². The van der Waals surface area contributed by atoms with Crippen LogP contribution in [0.15, 0.2) is 0 Å². The minimum atomic E-state index is -0.00291. The summed E-state index contributed by atoms with van der Waals surface area (Å²) in [5, 5.41) is 4.11. The van der Waals surface area contributed by atoms with Gasteiger partial charge in [0.05, 0.1) is 12.2 Å². The fourth-order valence-corrected chi connectivity index (χ4v) is 4.32. The number of carbonyl (C=O) groups excluding carboxylic acids is 1. The third-order valence-electron chi connectivity index (χ3n) is 4.18. The van der Waals surface area contributed by atoms with Crippen molar-refractivity contribution >= 4 is 17.7 Å². The van der Waals surface area contributed by atoms with Crippen LogP contribution in [0.2, 0.25) is 0 Å². The molecule has 4 unspecified atom stereocenters. The fraction of sp³-hybridized carbons (Fsp3) is 0.929. The third-order valence-corrected chi connectivity index (χ3v) is 5.33. The van der Waals surface area contributed by atoms with Crippen molar-refractivity contribution in [3.05, 3.63) is 0 Å². The number of amides is 1. The zero-order valence-corrected chi connectivity index (χ0v) is 12.8. The van der Waals surface area contributed by atoms with Gasteiger partial charge in [0.25, 0.3) is 0 Å². The van der Waals surface area contributed by atoms with Crippen LogP contribution < -0.4 is 5.32 Å². The lowest BCUT2D eigenvalue weighted by Gasteiger charge is -2.34. The summed E-state index contributed by atoms with van der Waals surface area (Å²) in [6.45, 7) is 6.46. The van der Waals surface area contributed by atoms with Gasteiger partial charge in [0.1, 0.15) is 0 Å². The molecule has 2 fully saturated rings. The number of hydrogen-bond donors (Lipinski definition) is 1. The number of nitrogens with zero attached hydrogens (tertiary/aromatic N) is 1. The lowest BCUT2D eigenvalue weighted by Crippen LogP contribution is -2.47. The van der Waals surface area contributed by atoms with Crippen molar-refractivity contribution in [1.29, 1.82) is 0 Å². The first-order chi connectivity index (χ1) is 8.54. The monoisotopic (exact) mass is 270 g/mol. The van der Waals surface area contributed by atoms with E-state index in [1.165, 1.54) is 19.3 Å². The standard InChI is InChI=1S/C14H26N2OS/c1-9(2)8-13-15-10(3)14(17)16(13)11-6-5-7-12(11)18-4/h9-13,15H,5-8H2,1-4H3. The van der Waals surface area contributed by atoms with Gasteiger partial charge in [-0.15, -0.1) is 0 Å². The van der Waals surface area contributed by atoms with Crippen LogP contribution in [0.4, 0.5) is 0 Å². The second-order valence-corrected chi connectivity index (χ2v) is 7.13. The molecule has 1 N–H and O–H groups in total. The molecule has 18 heavy (non-hydrogen) atoms. The van der Waals surface area contributed by atoms with Crippen LogP contribution in [0.1, 0.15) is 46.5 Å². The Bertz CT molecular complexity index is 308. The van der Waals surface area contributed by atoms with Gasteiger partial charge in [-0.25, -0.2) is 0 Å². The zero-order valence-electron chi connectivity index (χ0n) is 12.0. The number of rotatable bonds is 4. The average Bonchev–Trinajstić information content (AvgIpc) is 2.84. The Morgan fingerprint density at radius 3 is 2.78 bits per heavy atom. The second-order valence-electron chi connectivity index (χ2n) is 6.05. The molecule has 0 aromatic heterocycles. The molecule has 0 bridgehead atoms. The Morgan fingerprint density at radius 2 is 2.17 bits per heavy atom. The van der Waals surface area contributed by atoms with E-state index in [-0.39, 0.29) is 12.2 Å². The number of carbonyl (C=O) groups is 1. The summed E-state index contributed by atoms with van der Waals surface area (Å²) >= 11 is 1.93. The molecular weight excluding hydrogens is 244 g/mol. The molecule has 4 heteroatoms. The van der Waals surface area contributed by atoms with Crippen LogP contribution in [0.3, 0.4) is 0 Å².